The van der Waals surface area contributed by atoms with Gasteiger partial charge in [0.25, 0.3) is 0 Å². The Labute approximate surface area is 112 Å². The maximum absolute atomic E-state index is 3.74. The van der Waals surface area contributed by atoms with Gasteiger partial charge in [-0.05, 0) is 36.8 Å². The van der Waals surface area contributed by atoms with Gasteiger partial charge in [0.2, 0.25) is 0 Å². The quantitative estimate of drug-likeness (QED) is 0.742. The number of para-hydroxylation sites is 1. The van der Waals surface area contributed by atoms with E-state index in [1.54, 1.807) is 0 Å². The van der Waals surface area contributed by atoms with Crippen LogP contribution in [0.15, 0.2) is 24.3 Å². The van der Waals surface area contributed by atoms with Gasteiger partial charge in [0, 0.05) is 11.7 Å². The first-order valence-electron chi connectivity index (χ1n) is 7.68. The molecule has 100 valence electrons. The summed E-state index contributed by atoms with van der Waals surface area (Å²) in [5.74, 6) is 0.910. The second-order valence-corrected chi connectivity index (χ2v) is 5.69. The molecule has 1 heteroatoms. The number of anilines is 1. The molecule has 0 saturated heterocycles. The van der Waals surface area contributed by atoms with Crippen molar-refractivity contribution in [1.29, 1.82) is 0 Å². The summed E-state index contributed by atoms with van der Waals surface area (Å²) in [6.45, 7) is 4.64. The van der Waals surface area contributed by atoms with Crippen LogP contribution in [0.4, 0.5) is 5.69 Å². The molecule has 1 heterocycles. The molecule has 1 nitrogen and oxygen atoms in total. The van der Waals surface area contributed by atoms with Gasteiger partial charge in [-0.2, -0.15) is 0 Å². The molecular weight excluding hydrogens is 218 g/mol. The second-order valence-electron chi connectivity index (χ2n) is 5.69. The first-order chi connectivity index (χ1) is 8.83. The molecule has 0 fully saturated rings. The van der Waals surface area contributed by atoms with Crippen LogP contribution < -0.4 is 5.32 Å². The predicted molar refractivity (Wildman–Crippen MR) is 80.1 cm³/mol. The van der Waals surface area contributed by atoms with E-state index in [2.05, 4.69) is 43.4 Å². The molecule has 1 aliphatic heterocycles. The number of unbranched alkanes of at least 4 members (excludes halogenated alkanes) is 1. The Morgan fingerprint density at radius 1 is 1.28 bits per heavy atom. The molecule has 2 rings (SSSR count). The second kappa shape index (κ2) is 6.82. The lowest BCUT2D eigenvalue weighted by atomic mass is 9.87. The van der Waals surface area contributed by atoms with E-state index in [4.69, 9.17) is 0 Å². The standard InChI is InChI=1S/C17H27N/c1-3-5-8-14(4-2)13-16-12-11-15-9-6-7-10-17(15)18-16/h6-7,9-10,14,16,18H,3-5,8,11-13H2,1-2H3. The lowest BCUT2D eigenvalue weighted by Crippen LogP contribution is -2.27. The van der Waals surface area contributed by atoms with E-state index >= 15 is 0 Å². The van der Waals surface area contributed by atoms with Crippen molar-refractivity contribution in [2.75, 3.05) is 5.32 Å². The fourth-order valence-electron chi connectivity index (χ4n) is 3.06. The molecule has 0 spiro atoms. The van der Waals surface area contributed by atoms with Gasteiger partial charge in [-0.1, -0.05) is 57.7 Å². The lowest BCUT2D eigenvalue weighted by Gasteiger charge is -2.30. The van der Waals surface area contributed by atoms with Crippen LogP contribution in [0.2, 0.25) is 0 Å². The molecule has 0 aromatic heterocycles. The molecule has 0 amide bonds. The molecule has 1 aromatic rings. The van der Waals surface area contributed by atoms with Crippen molar-refractivity contribution < 1.29 is 0 Å². The van der Waals surface area contributed by atoms with Crippen molar-refractivity contribution in [3.63, 3.8) is 0 Å². The zero-order valence-electron chi connectivity index (χ0n) is 11.9. The Bertz CT molecular complexity index is 358. The van der Waals surface area contributed by atoms with Crippen LogP contribution in [0.1, 0.15) is 57.9 Å². The minimum absolute atomic E-state index is 0.696. The van der Waals surface area contributed by atoms with Crippen molar-refractivity contribution in [1.82, 2.24) is 0 Å². The number of hydrogen-bond acceptors (Lipinski definition) is 1. The summed E-state index contributed by atoms with van der Waals surface area (Å²) in [4.78, 5) is 0. The topological polar surface area (TPSA) is 12.0 Å². The summed E-state index contributed by atoms with van der Waals surface area (Å²) in [5.41, 5.74) is 2.87. The maximum Gasteiger partial charge on any atom is 0.0374 e. The van der Waals surface area contributed by atoms with Crippen LogP contribution in [0, 0.1) is 5.92 Å². The van der Waals surface area contributed by atoms with E-state index in [0.29, 0.717) is 6.04 Å². The van der Waals surface area contributed by atoms with Crippen molar-refractivity contribution in [3.05, 3.63) is 29.8 Å². The largest absolute Gasteiger partial charge is 0.382 e. The van der Waals surface area contributed by atoms with Gasteiger partial charge >= 0.3 is 0 Å². The van der Waals surface area contributed by atoms with Gasteiger partial charge in [-0.15, -0.1) is 0 Å². The van der Waals surface area contributed by atoms with Crippen molar-refractivity contribution >= 4 is 5.69 Å². The fourth-order valence-corrected chi connectivity index (χ4v) is 3.06. The first kappa shape index (κ1) is 13.5. The third-order valence-corrected chi connectivity index (χ3v) is 4.30. The monoisotopic (exact) mass is 245 g/mol. The summed E-state index contributed by atoms with van der Waals surface area (Å²) < 4.78 is 0. The summed E-state index contributed by atoms with van der Waals surface area (Å²) in [6.07, 6.45) is 9.37. The molecule has 0 aliphatic carbocycles. The van der Waals surface area contributed by atoms with Gasteiger partial charge in [-0.25, -0.2) is 0 Å². The summed E-state index contributed by atoms with van der Waals surface area (Å²) >= 11 is 0. The lowest BCUT2D eigenvalue weighted by molar-refractivity contribution is 0.383. The van der Waals surface area contributed by atoms with E-state index in [-0.39, 0.29) is 0 Å². The normalized spacial score (nSPS) is 20.0. The van der Waals surface area contributed by atoms with Crippen LogP contribution in [0.25, 0.3) is 0 Å². The first-order valence-corrected chi connectivity index (χ1v) is 7.68. The predicted octanol–water partition coefficient (Wildman–Crippen LogP) is 5.02. The number of aryl methyl sites for hydroxylation is 1. The molecule has 0 radical (unpaired) electrons. The molecular formula is C17H27N. The number of nitrogens with one attached hydrogen (secondary N) is 1. The summed E-state index contributed by atoms with van der Waals surface area (Å²) in [6, 6.07) is 9.47. The molecule has 18 heavy (non-hydrogen) atoms. The van der Waals surface area contributed by atoms with Crippen molar-refractivity contribution in [2.45, 2.75) is 64.8 Å². The zero-order valence-corrected chi connectivity index (χ0v) is 11.9. The fraction of sp³-hybridized carbons (Fsp3) is 0.647. The summed E-state index contributed by atoms with van der Waals surface area (Å²) in [7, 11) is 0. The molecule has 2 unspecified atom stereocenters. The van der Waals surface area contributed by atoms with Crippen molar-refractivity contribution in [3.8, 4) is 0 Å². The highest BCUT2D eigenvalue weighted by molar-refractivity contribution is 5.53. The third kappa shape index (κ3) is 3.51. The van der Waals surface area contributed by atoms with E-state index < -0.39 is 0 Å². The molecule has 0 saturated carbocycles. The van der Waals surface area contributed by atoms with Crippen LogP contribution >= 0.6 is 0 Å². The molecule has 0 bridgehead atoms. The summed E-state index contributed by atoms with van der Waals surface area (Å²) in [5, 5.41) is 3.74. The Morgan fingerprint density at radius 2 is 2.11 bits per heavy atom. The average molecular weight is 245 g/mol. The van der Waals surface area contributed by atoms with Crippen molar-refractivity contribution in [2.24, 2.45) is 5.92 Å². The molecule has 1 N–H and O–H groups in total. The molecule has 2 atom stereocenters. The molecule has 1 aliphatic rings. The van der Waals surface area contributed by atoms with Crippen LogP contribution in [0.3, 0.4) is 0 Å². The number of benzene rings is 1. The smallest absolute Gasteiger partial charge is 0.0374 e. The molecule has 1 aromatic carbocycles. The SMILES string of the molecule is CCCCC(CC)CC1CCc2ccccc2N1. The number of hydrogen-bond donors (Lipinski definition) is 1. The van der Waals surface area contributed by atoms with Gasteiger partial charge in [-0.3, -0.25) is 0 Å². The minimum Gasteiger partial charge on any atom is -0.382 e. The Hall–Kier alpha value is -0.980. The number of rotatable bonds is 6. The average Bonchev–Trinajstić information content (AvgIpc) is 2.43. The highest BCUT2D eigenvalue weighted by Crippen LogP contribution is 2.29. The van der Waals surface area contributed by atoms with Crippen LogP contribution in [0.5, 0.6) is 0 Å². The van der Waals surface area contributed by atoms with Crippen LogP contribution in [-0.4, -0.2) is 6.04 Å². The van der Waals surface area contributed by atoms with E-state index in [1.165, 1.54) is 56.2 Å². The Balaban J connectivity index is 1.88. The number of fused-ring (bicyclic) bond motifs is 1. The Morgan fingerprint density at radius 3 is 2.89 bits per heavy atom. The maximum atomic E-state index is 3.74. The van der Waals surface area contributed by atoms with Gasteiger partial charge in [0.1, 0.15) is 0 Å². The third-order valence-electron chi connectivity index (χ3n) is 4.30. The van der Waals surface area contributed by atoms with Crippen LogP contribution in [-0.2, 0) is 6.42 Å². The van der Waals surface area contributed by atoms with Gasteiger partial charge in [0.05, 0.1) is 0 Å². The van der Waals surface area contributed by atoms with Gasteiger partial charge in [0.15, 0.2) is 0 Å². The van der Waals surface area contributed by atoms with E-state index in [1.807, 2.05) is 0 Å². The Kier molecular flexibility index (Phi) is 5.10. The highest BCUT2D eigenvalue weighted by atomic mass is 14.9. The zero-order chi connectivity index (χ0) is 12.8. The van der Waals surface area contributed by atoms with E-state index in [0.717, 1.165) is 5.92 Å². The van der Waals surface area contributed by atoms with E-state index in [9.17, 15) is 0 Å². The highest BCUT2D eigenvalue weighted by Gasteiger charge is 2.20. The van der Waals surface area contributed by atoms with Gasteiger partial charge < -0.3 is 5.32 Å². The minimum atomic E-state index is 0.696.